The van der Waals surface area contributed by atoms with Crippen LogP contribution in [0, 0.1) is 0 Å². The van der Waals surface area contributed by atoms with Crippen LogP contribution in [0.1, 0.15) is 0 Å². The summed E-state index contributed by atoms with van der Waals surface area (Å²) in [6.45, 7) is 0. The molecule has 0 radical (unpaired) electrons. The van der Waals surface area contributed by atoms with Gasteiger partial charge in [-0.3, -0.25) is 0 Å². The highest BCUT2D eigenvalue weighted by Crippen LogP contribution is 2.49. The van der Waals surface area contributed by atoms with Gasteiger partial charge in [-0.2, -0.15) is 0 Å². The van der Waals surface area contributed by atoms with Gasteiger partial charge in [0.2, 0.25) is 0 Å². The predicted molar refractivity (Wildman–Crippen MR) is 288 cm³/mol. The summed E-state index contributed by atoms with van der Waals surface area (Å²) in [4.78, 5) is 2.34. The van der Waals surface area contributed by atoms with Crippen LogP contribution in [0.3, 0.4) is 0 Å². The Morgan fingerprint density at radius 1 is 0.217 bits per heavy atom. The number of rotatable bonds is 9. The Morgan fingerprint density at radius 2 is 0.507 bits per heavy atom. The van der Waals surface area contributed by atoms with Gasteiger partial charge in [0.25, 0.3) is 0 Å². The fourth-order valence-electron chi connectivity index (χ4n) is 10.2. The van der Waals surface area contributed by atoms with Crippen LogP contribution in [0.5, 0.6) is 0 Å². The van der Waals surface area contributed by atoms with Gasteiger partial charge in [-0.1, -0.05) is 188 Å². The zero-order valence-electron chi connectivity index (χ0n) is 37.6. The molecule has 0 fully saturated rings. The lowest BCUT2D eigenvalue weighted by Gasteiger charge is -2.26. The average molecular weight is 882 g/mol. The Balaban J connectivity index is 0.997. The fraction of sp³-hybridized carbons (Fsp3) is 0. The predicted octanol–water partition coefficient (Wildman–Crippen LogP) is 19.0. The molecule has 11 aromatic carbocycles. The van der Waals surface area contributed by atoms with Crippen LogP contribution in [0.15, 0.2) is 270 Å². The molecule has 0 amide bonds. The molecule has 13 rings (SSSR count). The number of anilines is 3. The Morgan fingerprint density at radius 3 is 0.884 bits per heavy atom. The van der Waals surface area contributed by atoms with Crippen LogP contribution < -0.4 is 4.90 Å². The second kappa shape index (κ2) is 16.9. The maximum Gasteiger partial charge on any atom is 0.136 e. The van der Waals surface area contributed by atoms with Gasteiger partial charge in [0.05, 0.1) is 0 Å². The first kappa shape index (κ1) is 40.1. The van der Waals surface area contributed by atoms with Crippen LogP contribution >= 0.6 is 0 Å². The molecule has 69 heavy (non-hydrogen) atoms. The van der Waals surface area contributed by atoms with Crippen molar-refractivity contribution in [3.05, 3.63) is 261 Å². The first-order valence-corrected chi connectivity index (χ1v) is 23.5. The second-order valence-electron chi connectivity index (χ2n) is 17.6. The van der Waals surface area contributed by atoms with Crippen LogP contribution in [-0.2, 0) is 0 Å². The summed E-state index contributed by atoms with van der Waals surface area (Å²) in [6, 6.07) is 93.0. The standard InChI is InChI=1S/C66H43NO2/c1-4-14-44(15-5-1)47-24-26-50(27-25-47)63-55(40-42-61-65(63)57-20-10-12-22-59(57)68-61)56-41-43-62-66(58-21-11-13-23-60(58)69-62)64(56)51-32-38-54(39-33-51)67(52-34-28-48(29-35-52)45-16-6-2-7-17-45)53-36-30-49(31-37-53)46-18-8-3-9-19-46/h1-43H. The van der Waals surface area contributed by atoms with Crippen molar-refractivity contribution in [2.45, 2.75) is 0 Å². The first-order valence-electron chi connectivity index (χ1n) is 23.5. The lowest BCUT2D eigenvalue weighted by molar-refractivity contribution is 0.668. The van der Waals surface area contributed by atoms with Gasteiger partial charge < -0.3 is 13.7 Å². The maximum atomic E-state index is 6.63. The molecule has 2 heterocycles. The highest BCUT2D eigenvalue weighted by molar-refractivity contribution is 6.20. The average Bonchev–Trinajstić information content (AvgIpc) is 4.01. The summed E-state index contributed by atoms with van der Waals surface area (Å²) in [6.07, 6.45) is 0. The summed E-state index contributed by atoms with van der Waals surface area (Å²) < 4.78 is 13.2. The number of para-hydroxylation sites is 2. The van der Waals surface area contributed by atoms with Crippen molar-refractivity contribution < 1.29 is 8.83 Å². The van der Waals surface area contributed by atoms with E-state index in [4.69, 9.17) is 8.83 Å². The van der Waals surface area contributed by atoms with Crippen molar-refractivity contribution in [3.63, 3.8) is 0 Å². The molecule has 324 valence electrons. The third-order valence-electron chi connectivity index (χ3n) is 13.5. The largest absolute Gasteiger partial charge is 0.456 e. The topological polar surface area (TPSA) is 29.5 Å². The quantitative estimate of drug-likeness (QED) is 0.145. The molecule has 0 atom stereocenters. The summed E-state index contributed by atoms with van der Waals surface area (Å²) in [5.74, 6) is 0. The van der Waals surface area contributed by atoms with Crippen LogP contribution in [-0.4, -0.2) is 0 Å². The van der Waals surface area contributed by atoms with Gasteiger partial charge in [-0.25, -0.2) is 0 Å². The minimum atomic E-state index is 0.848. The molecule has 0 saturated carbocycles. The Kier molecular flexibility index (Phi) is 9.84. The van der Waals surface area contributed by atoms with E-state index >= 15 is 0 Å². The minimum Gasteiger partial charge on any atom is -0.456 e. The van der Waals surface area contributed by atoms with Crippen molar-refractivity contribution in [2.24, 2.45) is 0 Å². The van der Waals surface area contributed by atoms with E-state index in [0.29, 0.717) is 0 Å². The number of hydrogen-bond donors (Lipinski definition) is 0. The summed E-state index contributed by atoms with van der Waals surface area (Å²) >= 11 is 0. The highest BCUT2D eigenvalue weighted by atomic mass is 16.3. The van der Waals surface area contributed by atoms with Crippen LogP contribution in [0.4, 0.5) is 17.1 Å². The van der Waals surface area contributed by atoms with Crippen molar-refractivity contribution >= 4 is 60.9 Å². The first-order chi connectivity index (χ1) is 34.2. The van der Waals surface area contributed by atoms with E-state index in [9.17, 15) is 0 Å². The molecule has 3 heteroatoms. The summed E-state index contributed by atoms with van der Waals surface area (Å²) in [5, 5.41) is 4.35. The van der Waals surface area contributed by atoms with E-state index < -0.39 is 0 Å². The van der Waals surface area contributed by atoms with Crippen molar-refractivity contribution in [1.29, 1.82) is 0 Å². The van der Waals surface area contributed by atoms with Crippen LogP contribution in [0.25, 0.3) is 111 Å². The van der Waals surface area contributed by atoms with Gasteiger partial charge in [-0.05, 0) is 128 Å². The third-order valence-corrected chi connectivity index (χ3v) is 13.5. The van der Waals surface area contributed by atoms with E-state index in [1.54, 1.807) is 0 Å². The molecule has 0 aliphatic carbocycles. The monoisotopic (exact) mass is 881 g/mol. The zero-order chi connectivity index (χ0) is 45.7. The summed E-state index contributed by atoms with van der Waals surface area (Å²) in [7, 11) is 0. The number of fused-ring (bicyclic) bond motifs is 6. The number of benzene rings is 11. The molecular weight excluding hydrogens is 839 g/mol. The Hall–Kier alpha value is -9.18. The van der Waals surface area contributed by atoms with Gasteiger partial charge in [0.1, 0.15) is 22.3 Å². The molecule has 2 aromatic heterocycles. The van der Waals surface area contributed by atoms with Crippen molar-refractivity contribution in [1.82, 2.24) is 0 Å². The molecular formula is C66H43NO2. The molecule has 0 aliphatic rings. The highest BCUT2D eigenvalue weighted by Gasteiger charge is 2.24. The molecule has 13 aromatic rings. The van der Waals surface area contributed by atoms with E-state index in [1.165, 1.54) is 33.4 Å². The van der Waals surface area contributed by atoms with Gasteiger partial charge in [0, 0.05) is 49.7 Å². The lowest BCUT2D eigenvalue weighted by atomic mass is 9.85. The molecule has 3 nitrogen and oxygen atoms in total. The molecule has 0 N–H and O–H groups in total. The van der Waals surface area contributed by atoms with Crippen molar-refractivity contribution in [3.8, 4) is 66.8 Å². The Bertz CT molecular complexity index is 3860. The van der Waals surface area contributed by atoms with E-state index in [2.05, 4.69) is 254 Å². The minimum absolute atomic E-state index is 0.848. The zero-order valence-corrected chi connectivity index (χ0v) is 37.6. The van der Waals surface area contributed by atoms with Gasteiger partial charge in [0.15, 0.2) is 0 Å². The maximum absolute atomic E-state index is 6.63. The molecule has 0 aliphatic heterocycles. The van der Waals surface area contributed by atoms with E-state index in [0.717, 1.165) is 94.3 Å². The SMILES string of the molecule is c1ccc(-c2ccc(-c3c(-c4ccc5oc6ccccc6c5c4-c4ccc(N(c5ccc(-c6ccccc6)cc5)c5ccc(-c6ccccc6)cc5)cc4)ccc4oc5ccccc5c34)cc2)cc1. The van der Waals surface area contributed by atoms with Crippen molar-refractivity contribution in [2.75, 3.05) is 4.90 Å². The third kappa shape index (κ3) is 7.16. The number of furan rings is 2. The molecule has 0 unspecified atom stereocenters. The molecule has 0 spiro atoms. The Labute approximate surface area is 400 Å². The van der Waals surface area contributed by atoms with Gasteiger partial charge in [-0.15, -0.1) is 0 Å². The van der Waals surface area contributed by atoms with E-state index in [-0.39, 0.29) is 0 Å². The van der Waals surface area contributed by atoms with Gasteiger partial charge >= 0.3 is 0 Å². The lowest BCUT2D eigenvalue weighted by Crippen LogP contribution is -2.09. The molecule has 0 saturated heterocycles. The van der Waals surface area contributed by atoms with Crippen LogP contribution in [0.2, 0.25) is 0 Å². The normalized spacial score (nSPS) is 11.5. The number of nitrogens with zero attached hydrogens (tertiary/aromatic N) is 1. The molecule has 0 bridgehead atoms. The smallest absolute Gasteiger partial charge is 0.136 e. The van der Waals surface area contributed by atoms with E-state index in [1.807, 2.05) is 12.1 Å². The summed E-state index contributed by atoms with van der Waals surface area (Å²) in [5.41, 5.74) is 20.4. The second-order valence-corrected chi connectivity index (χ2v) is 17.6. The number of hydrogen-bond acceptors (Lipinski definition) is 3. The fourth-order valence-corrected chi connectivity index (χ4v) is 10.2.